The minimum Gasteiger partial charge on any atom is -0.335 e. The molecule has 2 amide bonds. The van der Waals surface area contributed by atoms with Gasteiger partial charge in [-0.05, 0) is 45.0 Å². The van der Waals surface area contributed by atoms with Crippen LogP contribution in [0, 0.1) is 0 Å². The predicted octanol–water partition coefficient (Wildman–Crippen LogP) is 4.06. The van der Waals surface area contributed by atoms with E-state index in [-0.39, 0.29) is 18.1 Å². The first-order valence-electron chi connectivity index (χ1n) is 7.91. The Morgan fingerprint density at radius 2 is 2.00 bits per heavy atom. The van der Waals surface area contributed by atoms with E-state index in [1.54, 1.807) is 0 Å². The summed E-state index contributed by atoms with van der Waals surface area (Å²) in [7, 11) is 1.93. The predicted molar refractivity (Wildman–Crippen MR) is 89.7 cm³/mol. The number of urea groups is 1. The average molecular weight is 291 g/mol. The van der Waals surface area contributed by atoms with Crippen molar-refractivity contribution >= 4 is 11.7 Å². The molecule has 0 aromatic heterocycles. The van der Waals surface area contributed by atoms with Gasteiger partial charge in [-0.1, -0.05) is 38.3 Å². The Kier molecular flexibility index (Phi) is 7.83. The number of carbonyl (C=O) groups is 1. The SMILES string of the molecule is CCCCCC(C)NC(=O)Nc1cccc(C(C)NC)c1. The Bertz CT molecular complexity index is 434. The zero-order chi connectivity index (χ0) is 15.7. The molecule has 0 radical (unpaired) electrons. The van der Waals surface area contributed by atoms with Gasteiger partial charge in [0.2, 0.25) is 0 Å². The fraction of sp³-hybridized carbons (Fsp3) is 0.588. The Hall–Kier alpha value is -1.55. The van der Waals surface area contributed by atoms with Crippen molar-refractivity contribution in [3.8, 4) is 0 Å². The van der Waals surface area contributed by atoms with Gasteiger partial charge in [-0.2, -0.15) is 0 Å². The summed E-state index contributed by atoms with van der Waals surface area (Å²) in [5.41, 5.74) is 1.99. The standard InChI is InChI=1S/C17H29N3O/c1-5-6-7-9-13(2)19-17(21)20-16-11-8-10-15(12-16)14(3)18-4/h8,10-14,18H,5-7,9H2,1-4H3,(H2,19,20,21). The van der Waals surface area contributed by atoms with E-state index in [0.717, 1.165) is 24.1 Å². The molecule has 0 fully saturated rings. The maximum atomic E-state index is 12.0. The third-order valence-electron chi connectivity index (χ3n) is 3.70. The quantitative estimate of drug-likeness (QED) is 0.633. The molecule has 3 N–H and O–H groups in total. The minimum absolute atomic E-state index is 0.131. The highest BCUT2D eigenvalue weighted by atomic mass is 16.2. The van der Waals surface area contributed by atoms with Gasteiger partial charge in [-0.15, -0.1) is 0 Å². The zero-order valence-corrected chi connectivity index (χ0v) is 13.7. The summed E-state index contributed by atoms with van der Waals surface area (Å²) >= 11 is 0. The Balaban J connectivity index is 2.47. The van der Waals surface area contributed by atoms with Crippen molar-refractivity contribution in [3.63, 3.8) is 0 Å². The van der Waals surface area contributed by atoms with E-state index in [9.17, 15) is 4.79 Å². The highest BCUT2D eigenvalue weighted by Crippen LogP contribution is 2.16. The van der Waals surface area contributed by atoms with Crippen LogP contribution in [-0.2, 0) is 0 Å². The van der Waals surface area contributed by atoms with Crippen LogP contribution in [0.3, 0.4) is 0 Å². The smallest absolute Gasteiger partial charge is 0.319 e. The maximum Gasteiger partial charge on any atom is 0.319 e. The second-order valence-electron chi connectivity index (χ2n) is 5.63. The highest BCUT2D eigenvalue weighted by Gasteiger charge is 2.08. The number of carbonyl (C=O) groups excluding carboxylic acids is 1. The van der Waals surface area contributed by atoms with Crippen LogP contribution in [-0.4, -0.2) is 19.1 Å². The van der Waals surface area contributed by atoms with Crippen LogP contribution in [0.2, 0.25) is 0 Å². The van der Waals surface area contributed by atoms with Crippen molar-refractivity contribution in [1.82, 2.24) is 10.6 Å². The van der Waals surface area contributed by atoms with E-state index in [4.69, 9.17) is 0 Å². The molecule has 1 aromatic rings. The van der Waals surface area contributed by atoms with Gasteiger partial charge in [0.1, 0.15) is 0 Å². The third kappa shape index (κ3) is 6.63. The summed E-state index contributed by atoms with van der Waals surface area (Å²) in [6.07, 6.45) is 4.61. The lowest BCUT2D eigenvalue weighted by molar-refractivity contribution is 0.248. The molecule has 21 heavy (non-hydrogen) atoms. The lowest BCUT2D eigenvalue weighted by atomic mass is 10.1. The van der Waals surface area contributed by atoms with E-state index in [1.807, 2.05) is 25.2 Å². The van der Waals surface area contributed by atoms with E-state index in [2.05, 4.69) is 42.8 Å². The number of nitrogens with one attached hydrogen (secondary N) is 3. The number of amides is 2. The van der Waals surface area contributed by atoms with Crippen molar-refractivity contribution in [2.75, 3.05) is 12.4 Å². The van der Waals surface area contributed by atoms with Crippen LogP contribution >= 0.6 is 0 Å². The molecule has 0 aliphatic rings. The van der Waals surface area contributed by atoms with Gasteiger partial charge in [0.15, 0.2) is 0 Å². The van der Waals surface area contributed by atoms with Gasteiger partial charge >= 0.3 is 6.03 Å². The third-order valence-corrected chi connectivity index (χ3v) is 3.70. The molecule has 2 atom stereocenters. The number of hydrogen-bond acceptors (Lipinski definition) is 2. The molecule has 4 nitrogen and oxygen atoms in total. The number of unbranched alkanes of at least 4 members (excludes halogenated alkanes) is 2. The normalized spacial score (nSPS) is 13.5. The number of hydrogen-bond donors (Lipinski definition) is 3. The zero-order valence-electron chi connectivity index (χ0n) is 13.7. The molecular weight excluding hydrogens is 262 g/mol. The van der Waals surface area contributed by atoms with Crippen LogP contribution in [0.15, 0.2) is 24.3 Å². The molecular formula is C17H29N3O. The van der Waals surface area contributed by atoms with E-state index < -0.39 is 0 Å². The second-order valence-corrected chi connectivity index (χ2v) is 5.63. The van der Waals surface area contributed by atoms with Crippen molar-refractivity contribution in [2.45, 2.75) is 58.5 Å². The molecule has 0 saturated heterocycles. The molecule has 0 aliphatic heterocycles. The number of rotatable bonds is 8. The van der Waals surface area contributed by atoms with E-state index >= 15 is 0 Å². The summed E-state index contributed by atoms with van der Waals surface area (Å²) in [6, 6.07) is 8.27. The van der Waals surface area contributed by atoms with Crippen LogP contribution in [0.4, 0.5) is 10.5 Å². The van der Waals surface area contributed by atoms with E-state index in [1.165, 1.54) is 12.8 Å². The molecule has 2 unspecified atom stereocenters. The highest BCUT2D eigenvalue weighted by molar-refractivity contribution is 5.89. The molecule has 4 heteroatoms. The number of anilines is 1. The summed E-state index contributed by atoms with van der Waals surface area (Å²) in [5.74, 6) is 0. The van der Waals surface area contributed by atoms with Crippen molar-refractivity contribution in [1.29, 1.82) is 0 Å². The van der Waals surface area contributed by atoms with Gasteiger partial charge in [0.25, 0.3) is 0 Å². The maximum absolute atomic E-state index is 12.0. The molecule has 0 spiro atoms. The van der Waals surface area contributed by atoms with Gasteiger partial charge in [0.05, 0.1) is 0 Å². The largest absolute Gasteiger partial charge is 0.335 e. The Labute approximate surface area is 128 Å². The van der Waals surface area contributed by atoms with Gasteiger partial charge < -0.3 is 16.0 Å². The van der Waals surface area contributed by atoms with Crippen LogP contribution in [0.1, 0.15) is 58.1 Å². The molecule has 0 saturated carbocycles. The fourth-order valence-corrected chi connectivity index (χ4v) is 2.22. The molecule has 0 aliphatic carbocycles. The van der Waals surface area contributed by atoms with Crippen molar-refractivity contribution in [2.24, 2.45) is 0 Å². The van der Waals surface area contributed by atoms with Crippen molar-refractivity contribution < 1.29 is 4.79 Å². The van der Waals surface area contributed by atoms with Crippen LogP contribution < -0.4 is 16.0 Å². The summed E-state index contributed by atoms with van der Waals surface area (Å²) in [4.78, 5) is 12.0. The Morgan fingerprint density at radius 3 is 2.67 bits per heavy atom. The second kappa shape index (κ2) is 9.40. The van der Waals surface area contributed by atoms with Crippen LogP contribution in [0.5, 0.6) is 0 Å². The van der Waals surface area contributed by atoms with Gasteiger partial charge in [-0.25, -0.2) is 4.79 Å². The van der Waals surface area contributed by atoms with E-state index in [0.29, 0.717) is 0 Å². The molecule has 118 valence electrons. The number of benzene rings is 1. The molecule has 0 bridgehead atoms. The fourth-order valence-electron chi connectivity index (χ4n) is 2.22. The summed E-state index contributed by atoms with van der Waals surface area (Å²) in [5, 5.41) is 9.08. The molecule has 0 heterocycles. The first kappa shape index (κ1) is 17.5. The first-order valence-corrected chi connectivity index (χ1v) is 7.91. The van der Waals surface area contributed by atoms with Crippen LogP contribution in [0.25, 0.3) is 0 Å². The average Bonchev–Trinajstić information content (AvgIpc) is 2.46. The lowest BCUT2D eigenvalue weighted by Crippen LogP contribution is -2.36. The summed E-state index contributed by atoms with van der Waals surface area (Å²) in [6.45, 7) is 6.33. The summed E-state index contributed by atoms with van der Waals surface area (Å²) < 4.78 is 0. The Morgan fingerprint density at radius 1 is 1.24 bits per heavy atom. The molecule has 1 rings (SSSR count). The topological polar surface area (TPSA) is 53.2 Å². The van der Waals surface area contributed by atoms with Gasteiger partial charge in [0, 0.05) is 17.8 Å². The first-order chi connectivity index (χ1) is 10.1. The lowest BCUT2D eigenvalue weighted by Gasteiger charge is -2.16. The molecule has 1 aromatic carbocycles. The minimum atomic E-state index is -0.131. The van der Waals surface area contributed by atoms with Crippen molar-refractivity contribution in [3.05, 3.63) is 29.8 Å². The van der Waals surface area contributed by atoms with Gasteiger partial charge in [-0.3, -0.25) is 0 Å². The monoisotopic (exact) mass is 291 g/mol.